The molecule has 0 bridgehead atoms. The first-order chi connectivity index (χ1) is 6.97. The van der Waals surface area contributed by atoms with Crippen LogP contribution >= 0.6 is 23.7 Å². The summed E-state index contributed by atoms with van der Waals surface area (Å²) in [6, 6.07) is 2.35. The summed E-state index contributed by atoms with van der Waals surface area (Å²) in [4.78, 5) is 9.70. The zero-order chi connectivity index (χ0) is 11.5. The van der Waals surface area contributed by atoms with Crippen molar-refractivity contribution in [1.29, 1.82) is 0 Å². The van der Waals surface area contributed by atoms with Gasteiger partial charge in [-0.3, -0.25) is 10.1 Å². The van der Waals surface area contributed by atoms with Crippen molar-refractivity contribution in [3.8, 4) is 0 Å². The Bertz CT molecular complexity index is 458. The van der Waals surface area contributed by atoms with Crippen molar-refractivity contribution in [2.75, 3.05) is 13.1 Å². The van der Waals surface area contributed by atoms with E-state index in [0.29, 0.717) is 11.3 Å². The van der Waals surface area contributed by atoms with Crippen molar-refractivity contribution in [3.05, 3.63) is 22.2 Å². The second-order valence-corrected chi connectivity index (χ2v) is 5.59. The minimum atomic E-state index is -3.65. The third kappa shape index (κ3) is 3.68. The Labute approximate surface area is 102 Å². The number of halogens is 1. The van der Waals surface area contributed by atoms with Crippen molar-refractivity contribution in [2.45, 2.75) is 4.21 Å². The van der Waals surface area contributed by atoms with Crippen LogP contribution in [0.4, 0.5) is 5.00 Å². The SMILES string of the molecule is Cl.NCCNS(=O)(=O)c1ccc([N+](=O)[O-])s1. The van der Waals surface area contributed by atoms with Crippen LogP contribution in [0.3, 0.4) is 0 Å². The average molecular weight is 288 g/mol. The molecule has 16 heavy (non-hydrogen) atoms. The molecule has 10 heteroatoms. The predicted molar refractivity (Wildman–Crippen MR) is 62.5 cm³/mol. The number of hydrogen-bond acceptors (Lipinski definition) is 6. The fraction of sp³-hybridized carbons (Fsp3) is 0.333. The number of rotatable bonds is 5. The maximum absolute atomic E-state index is 11.4. The van der Waals surface area contributed by atoms with E-state index in [1.165, 1.54) is 6.07 Å². The van der Waals surface area contributed by atoms with Crippen molar-refractivity contribution in [1.82, 2.24) is 4.72 Å². The molecule has 1 aromatic rings. The van der Waals surface area contributed by atoms with Crippen LogP contribution in [0, 0.1) is 10.1 Å². The molecule has 3 N–H and O–H groups in total. The number of nitro groups is 1. The number of nitrogens with two attached hydrogens (primary N) is 1. The lowest BCUT2D eigenvalue weighted by molar-refractivity contribution is -0.380. The van der Waals surface area contributed by atoms with E-state index in [1.54, 1.807) is 0 Å². The summed E-state index contributed by atoms with van der Waals surface area (Å²) in [5.74, 6) is 0. The molecule has 1 rings (SSSR count). The Morgan fingerprint density at radius 1 is 1.50 bits per heavy atom. The minimum Gasteiger partial charge on any atom is -0.329 e. The monoisotopic (exact) mass is 287 g/mol. The van der Waals surface area contributed by atoms with Crippen molar-refractivity contribution in [3.63, 3.8) is 0 Å². The van der Waals surface area contributed by atoms with Crippen LogP contribution < -0.4 is 10.5 Å². The highest BCUT2D eigenvalue weighted by molar-refractivity contribution is 7.91. The maximum atomic E-state index is 11.4. The number of nitrogens with zero attached hydrogens (tertiary/aromatic N) is 1. The fourth-order valence-electron chi connectivity index (χ4n) is 0.817. The zero-order valence-corrected chi connectivity index (χ0v) is 10.4. The Balaban J connectivity index is 0.00000225. The zero-order valence-electron chi connectivity index (χ0n) is 7.95. The third-order valence-electron chi connectivity index (χ3n) is 1.45. The summed E-state index contributed by atoms with van der Waals surface area (Å²) in [5, 5.41) is 10.1. The molecule has 92 valence electrons. The molecule has 0 spiro atoms. The highest BCUT2D eigenvalue weighted by atomic mass is 35.5. The van der Waals surface area contributed by atoms with E-state index in [-0.39, 0.29) is 34.7 Å². The predicted octanol–water partition coefficient (Wildman–Crippen LogP) is 0.315. The van der Waals surface area contributed by atoms with Gasteiger partial charge in [0.15, 0.2) is 0 Å². The molecule has 0 atom stereocenters. The van der Waals surface area contributed by atoms with E-state index in [0.717, 1.165) is 6.07 Å². The Hall–Kier alpha value is -0.740. The highest BCUT2D eigenvalue weighted by Crippen LogP contribution is 2.27. The Morgan fingerprint density at radius 3 is 2.56 bits per heavy atom. The molecule has 0 saturated heterocycles. The maximum Gasteiger partial charge on any atom is 0.325 e. The number of nitrogens with one attached hydrogen (secondary N) is 1. The largest absolute Gasteiger partial charge is 0.329 e. The van der Waals surface area contributed by atoms with Crippen molar-refractivity contribution >= 4 is 38.8 Å². The summed E-state index contributed by atoms with van der Waals surface area (Å²) in [7, 11) is -3.65. The molecule has 0 saturated carbocycles. The van der Waals surface area contributed by atoms with E-state index in [4.69, 9.17) is 5.73 Å². The number of hydrogen-bond donors (Lipinski definition) is 2. The van der Waals surface area contributed by atoms with Crippen LogP contribution in [0.1, 0.15) is 0 Å². The molecule has 0 aliphatic heterocycles. The molecule has 0 amide bonds. The fourth-order valence-corrected chi connectivity index (χ4v) is 3.02. The molecule has 0 unspecified atom stereocenters. The second-order valence-electron chi connectivity index (χ2n) is 2.54. The second kappa shape index (κ2) is 6.11. The van der Waals surface area contributed by atoms with E-state index in [1.807, 2.05) is 0 Å². The van der Waals surface area contributed by atoms with Gasteiger partial charge in [0.2, 0.25) is 10.0 Å². The summed E-state index contributed by atoms with van der Waals surface area (Å²) in [6.07, 6.45) is 0. The molecule has 0 radical (unpaired) electrons. The van der Waals surface area contributed by atoms with Gasteiger partial charge in [-0.05, 0) is 17.4 Å². The lowest BCUT2D eigenvalue weighted by Gasteiger charge is -2.00. The van der Waals surface area contributed by atoms with Gasteiger partial charge < -0.3 is 5.73 Å². The molecular weight excluding hydrogens is 278 g/mol. The highest BCUT2D eigenvalue weighted by Gasteiger charge is 2.19. The van der Waals surface area contributed by atoms with Gasteiger partial charge in [-0.1, -0.05) is 0 Å². The van der Waals surface area contributed by atoms with E-state index < -0.39 is 14.9 Å². The van der Waals surface area contributed by atoms with E-state index >= 15 is 0 Å². The molecule has 0 aliphatic rings. The van der Waals surface area contributed by atoms with Gasteiger partial charge in [-0.2, -0.15) is 0 Å². The smallest absolute Gasteiger partial charge is 0.325 e. The van der Waals surface area contributed by atoms with Crippen LogP contribution in [0.5, 0.6) is 0 Å². The topological polar surface area (TPSA) is 115 Å². The first kappa shape index (κ1) is 15.3. The van der Waals surface area contributed by atoms with E-state index in [9.17, 15) is 18.5 Å². The lowest BCUT2D eigenvalue weighted by Crippen LogP contribution is -2.28. The molecular formula is C6H10ClN3O4S2. The van der Waals surface area contributed by atoms with E-state index in [2.05, 4.69) is 4.72 Å². The minimum absolute atomic E-state index is 0. The lowest BCUT2D eigenvalue weighted by atomic mass is 10.6. The molecule has 0 aromatic carbocycles. The number of sulfonamides is 1. The molecule has 0 fully saturated rings. The molecule has 1 aromatic heterocycles. The molecule has 1 heterocycles. The van der Waals surface area contributed by atoms with Gasteiger partial charge in [-0.25, -0.2) is 13.1 Å². The van der Waals surface area contributed by atoms with Gasteiger partial charge in [0.1, 0.15) is 4.21 Å². The first-order valence-electron chi connectivity index (χ1n) is 3.91. The van der Waals surface area contributed by atoms with Gasteiger partial charge >= 0.3 is 5.00 Å². The van der Waals surface area contributed by atoms with Crippen LogP contribution in [0.15, 0.2) is 16.3 Å². The Kier molecular flexibility index (Phi) is 5.83. The Morgan fingerprint density at radius 2 is 2.12 bits per heavy atom. The van der Waals surface area contributed by atoms with Crippen LogP contribution in [-0.2, 0) is 10.0 Å². The van der Waals surface area contributed by atoms with Crippen molar-refractivity contribution in [2.24, 2.45) is 5.73 Å². The van der Waals surface area contributed by atoms with Crippen LogP contribution in [0.2, 0.25) is 0 Å². The molecule has 7 nitrogen and oxygen atoms in total. The number of thiophene rings is 1. The molecule has 0 aliphatic carbocycles. The third-order valence-corrected chi connectivity index (χ3v) is 4.44. The summed E-state index contributed by atoms with van der Waals surface area (Å²) < 4.78 is 25.0. The summed E-state index contributed by atoms with van der Waals surface area (Å²) >= 11 is 0.608. The van der Waals surface area contributed by atoms with Gasteiger partial charge in [0, 0.05) is 19.2 Å². The average Bonchev–Trinajstić information content (AvgIpc) is 2.64. The standard InChI is InChI=1S/C6H9N3O4S2.ClH/c7-3-4-8-15(12,13)6-2-1-5(14-6)9(10)11;/h1-2,8H,3-4,7H2;1H. The van der Waals surface area contributed by atoms with Gasteiger partial charge in [0.05, 0.1) is 4.92 Å². The van der Waals surface area contributed by atoms with Crippen LogP contribution in [-0.4, -0.2) is 26.4 Å². The van der Waals surface area contributed by atoms with Crippen LogP contribution in [0.25, 0.3) is 0 Å². The van der Waals surface area contributed by atoms with Gasteiger partial charge in [0.25, 0.3) is 0 Å². The summed E-state index contributed by atoms with van der Waals surface area (Å²) in [5.41, 5.74) is 5.14. The first-order valence-corrected chi connectivity index (χ1v) is 6.21. The van der Waals surface area contributed by atoms with Crippen molar-refractivity contribution < 1.29 is 13.3 Å². The quantitative estimate of drug-likeness (QED) is 0.597. The normalized spacial score (nSPS) is 10.8. The van der Waals surface area contributed by atoms with Gasteiger partial charge in [-0.15, -0.1) is 12.4 Å². The summed E-state index contributed by atoms with van der Waals surface area (Å²) in [6.45, 7) is 0.279.